The van der Waals surface area contributed by atoms with E-state index in [9.17, 15) is 22.8 Å². The summed E-state index contributed by atoms with van der Waals surface area (Å²) in [5.41, 5.74) is 5.92. The minimum Gasteiger partial charge on any atom is -0.318 e. The van der Waals surface area contributed by atoms with Crippen molar-refractivity contribution in [2.45, 2.75) is 19.1 Å². The first kappa shape index (κ1) is 15.3. The summed E-state index contributed by atoms with van der Waals surface area (Å²) in [6.07, 6.45) is -4.56. The molecule has 0 spiro atoms. The summed E-state index contributed by atoms with van der Waals surface area (Å²) >= 11 is 0. The fraction of sp³-hybridized carbons (Fsp3) is 0.385. The first-order valence-electron chi connectivity index (χ1n) is 6.21. The molecule has 1 atom stereocenters. The molecule has 2 amide bonds. The summed E-state index contributed by atoms with van der Waals surface area (Å²) < 4.78 is 38.1. The van der Waals surface area contributed by atoms with Crippen molar-refractivity contribution in [3.8, 4) is 0 Å². The number of carbonyl (C=O) groups excluding carboxylic acids is 2. The first-order valence-corrected chi connectivity index (χ1v) is 6.21. The minimum atomic E-state index is -4.56. The van der Waals surface area contributed by atoms with Gasteiger partial charge in [0.05, 0.1) is 17.9 Å². The van der Waals surface area contributed by atoms with Crippen LogP contribution in [0, 0.1) is 0 Å². The Balaban J connectivity index is 2.55. The predicted octanol–water partition coefficient (Wildman–Crippen LogP) is 1.28. The maximum absolute atomic E-state index is 12.7. The van der Waals surface area contributed by atoms with E-state index >= 15 is 0 Å². The molecule has 114 valence electrons. The van der Waals surface area contributed by atoms with E-state index < -0.39 is 24.7 Å². The number of hydrogen-bond donors (Lipinski definition) is 1. The zero-order valence-corrected chi connectivity index (χ0v) is 11.2. The molecule has 0 fully saturated rings. The van der Waals surface area contributed by atoms with Crippen LogP contribution in [0.15, 0.2) is 24.3 Å². The van der Waals surface area contributed by atoms with Crippen molar-refractivity contribution in [3.05, 3.63) is 24.3 Å². The molecule has 0 saturated carbocycles. The average Bonchev–Trinajstić information content (AvgIpc) is 2.48. The number of carbonyl (C=O) groups is 2. The third-order valence-electron chi connectivity index (χ3n) is 3.14. The number of fused-ring (bicyclic) bond motifs is 1. The van der Waals surface area contributed by atoms with Crippen LogP contribution in [0.2, 0.25) is 0 Å². The van der Waals surface area contributed by atoms with Gasteiger partial charge in [0.2, 0.25) is 11.8 Å². The molecule has 21 heavy (non-hydrogen) atoms. The van der Waals surface area contributed by atoms with Crippen molar-refractivity contribution in [3.63, 3.8) is 0 Å². The van der Waals surface area contributed by atoms with Gasteiger partial charge in [-0.1, -0.05) is 12.1 Å². The van der Waals surface area contributed by atoms with E-state index in [1.54, 1.807) is 6.07 Å². The zero-order valence-electron chi connectivity index (χ0n) is 11.2. The fourth-order valence-electron chi connectivity index (χ4n) is 2.25. The van der Waals surface area contributed by atoms with Crippen LogP contribution >= 0.6 is 0 Å². The molecule has 0 aliphatic carbocycles. The van der Waals surface area contributed by atoms with Crippen LogP contribution in [0.4, 0.5) is 24.5 Å². The lowest BCUT2D eigenvalue weighted by atomic mass is 10.2. The van der Waals surface area contributed by atoms with E-state index in [4.69, 9.17) is 5.73 Å². The average molecular weight is 301 g/mol. The Labute approximate surface area is 119 Å². The Morgan fingerprint density at radius 1 is 1.33 bits per heavy atom. The van der Waals surface area contributed by atoms with Gasteiger partial charge in [-0.3, -0.25) is 14.5 Å². The van der Waals surface area contributed by atoms with Gasteiger partial charge in [-0.2, -0.15) is 13.2 Å². The summed E-state index contributed by atoms with van der Waals surface area (Å²) in [6, 6.07) is 4.74. The van der Waals surface area contributed by atoms with Crippen LogP contribution in [-0.4, -0.2) is 37.1 Å². The summed E-state index contributed by atoms with van der Waals surface area (Å²) in [5.74, 6) is -1.25. The molecule has 0 saturated heterocycles. The second-order valence-electron chi connectivity index (χ2n) is 4.76. The Morgan fingerprint density at radius 2 is 1.90 bits per heavy atom. The topological polar surface area (TPSA) is 66.6 Å². The van der Waals surface area contributed by atoms with Crippen molar-refractivity contribution < 1.29 is 22.8 Å². The third kappa shape index (κ3) is 3.15. The van der Waals surface area contributed by atoms with Gasteiger partial charge in [0.25, 0.3) is 0 Å². The monoisotopic (exact) mass is 301 g/mol. The lowest BCUT2D eigenvalue weighted by Gasteiger charge is -2.25. The number of nitrogens with two attached hydrogens (primary N) is 1. The van der Waals surface area contributed by atoms with Gasteiger partial charge in [0.15, 0.2) is 0 Å². The molecule has 1 heterocycles. The highest BCUT2D eigenvalue weighted by atomic mass is 19.4. The molecular formula is C13H14F3N3O2. The molecule has 0 radical (unpaired) electrons. The summed E-state index contributed by atoms with van der Waals surface area (Å²) in [5, 5.41) is 0. The number of benzene rings is 1. The second-order valence-corrected chi connectivity index (χ2v) is 4.76. The molecule has 1 aliphatic heterocycles. The molecule has 1 aliphatic rings. The summed E-state index contributed by atoms with van der Waals surface area (Å²) in [6.45, 7) is -0.324. The number of para-hydroxylation sites is 2. The Hall–Kier alpha value is -2.09. The lowest BCUT2D eigenvalue weighted by Crippen LogP contribution is -2.50. The van der Waals surface area contributed by atoms with Gasteiger partial charge in [-0.15, -0.1) is 0 Å². The molecular weight excluding hydrogens is 287 g/mol. The molecule has 0 bridgehead atoms. The van der Waals surface area contributed by atoms with Gasteiger partial charge in [0.1, 0.15) is 12.6 Å². The summed E-state index contributed by atoms with van der Waals surface area (Å²) in [7, 11) is 0. The van der Waals surface area contributed by atoms with E-state index in [1.807, 2.05) is 0 Å². The maximum atomic E-state index is 12.7. The maximum Gasteiger partial charge on any atom is 0.406 e. The molecule has 0 aromatic heterocycles. The normalized spacial score (nSPS) is 19.3. The predicted molar refractivity (Wildman–Crippen MR) is 70.9 cm³/mol. The van der Waals surface area contributed by atoms with Crippen molar-refractivity contribution >= 4 is 23.2 Å². The molecule has 8 heteroatoms. The van der Waals surface area contributed by atoms with Crippen molar-refractivity contribution in [1.29, 1.82) is 0 Å². The van der Waals surface area contributed by atoms with Crippen LogP contribution in [0.1, 0.15) is 6.92 Å². The van der Waals surface area contributed by atoms with Crippen molar-refractivity contribution in [2.24, 2.45) is 5.73 Å². The van der Waals surface area contributed by atoms with Crippen LogP contribution in [0.25, 0.3) is 0 Å². The summed E-state index contributed by atoms with van der Waals surface area (Å²) in [4.78, 5) is 25.6. The number of alkyl halides is 3. The SMILES string of the molecule is CC(=O)N1CC(N)C(=O)N(CC(F)(F)F)c2ccccc21. The number of anilines is 2. The quantitative estimate of drug-likeness (QED) is 0.849. The van der Waals surface area contributed by atoms with E-state index in [0.717, 1.165) is 0 Å². The molecule has 2 rings (SSSR count). The number of nitrogens with zero attached hydrogens (tertiary/aromatic N) is 2. The Bertz CT molecular complexity index is 574. The molecule has 1 unspecified atom stereocenters. The number of amides is 2. The number of hydrogen-bond acceptors (Lipinski definition) is 3. The van der Waals surface area contributed by atoms with Crippen molar-refractivity contribution in [1.82, 2.24) is 0 Å². The van der Waals surface area contributed by atoms with Gasteiger partial charge in [0, 0.05) is 6.92 Å². The van der Waals surface area contributed by atoms with E-state index in [-0.39, 0.29) is 23.8 Å². The van der Waals surface area contributed by atoms with Crippen LogP contribution in [0.5, 0.6) is 0 Å². The standard InChI is InChI=1S/C13H14F3N3O2/c1-8(20)18-6-9(17)12(21)19(7-13(14,15)16)11-5-3-2-4-10(11)18/h2-5,9H,6-7,17H2,1H3. The first-order chi connectivity index (χ1) is 9.70. The molecule has 2 N–H and O–H groups in total. The smallest absolute Gasteiger partial charge is 0.318 e. The minimum absolute atomic E-state index is 0.0305. The zero-order chi connectivity index (χ0) is 15.8. The van der Waals surface area contributed by atoms with Gasteiger partial charge in [-0.25, -0.2) is 0 Å². The van der Waals surface area contributed by atoms with Crippen LogP contribution in [-0.2, 0) is 9.59 Å². The van der Waals surface area contributed by atoms with Crippen LogP contribution in [0.3, 0.4) is 0 Å². The highest BCUT2D eigenvalue weighted by Gasteiger charge is 2.39. The van der Waals surface area contributed by atoms with Gasteiger partial charge >= 0.3 is 6.18 Å². The van der Waals surface area contributed by atoms with Crippen LogP contribution < -0.4 is 15.5 Å². The molecule has 1 aromatic carbocycles. The van der Waals surface area contributed by atoms with E-state index in [1.165, 1.54) is 30.0 Å². The van der Waals surface area contributed by atoms with Crippen molar-refractivity contribution in [2.75, 3.05) is 22.9 Å². The molecule has 5 nitrogen and oxygen atoms in total. The van der Waals surface area contributed by atoms with E-state index in [0.29, 0.717) is 4.90 Å². The number of halogens is 3. The largest absolute Gasteiger partial charge is 0.406 e. The van der Waals surface area contributed by atoms with Gasteiger partial charge < -0.3 is 10.6 Å². The highest BCUT2D eigenvalue weighted by molar-refractivity contribution is 6.06. The second kappa shape index (κ2) is 5.36. The number of rotatable bonds is 1. The lowest BCUT2D eigenvalue weighted by molar-refractivity contribution is -0.133. The highest BCUT2D eigenvalue weighted by Crippen LogP contribution is 2.34. The fourth-order valence-corrected chi connectivity index (χ4v) is 2.25. The third-order valence-corrected chi connectivity index (χ3v) is 3.14. The Morgan fingerprint density at radius 3 is 2.43 bits per heavy atom. The molecule has 1 aromatic rings. The van der Waals surface area contributed by atoms with E-state index in [2.05, 4.69) is 0 Å². The Kier molecular flexibility index (Phi) is 3.91. The van der Waals surface area contributed by atoms with Gasteiger partial charge in [-0.05, 0) is 12.1 Å².